The first kappa shape index (κ1) is 21.1. The average Bonchev–Trinajstić information content (AvgIpc) is 3.58. The van der Waals surface area contributed by atoms with Crippen LogP contribution >= 0.6 is 0 Å². The molecule has 7 heteroatoms. The summed E-state index contributed by atoms with van der Waals surface area (Å²) in [5.74, 6) is -0.0727. The van der Waals surface area contributed by atoms with Crippen LogP contribution in [0.3, 0.4) is 0 Å². The fourth-order valence-corrected chi connectivity index (χ4v) is 2.63. The summed E-state index contributed by atoms with van der Waals surface area (Å²) >= 11 is 0. The van der Waals surface area contributed by atoms with Gasteiger partial charge in [-0.15, -0.1) is 0 Å². The van der Waals surface area contributed by atoms with E-state index in [0.29, 0.717) is 23.7 Å². The molecule has 1 aliphatic rings. The number of benzene rings is 2. The second-order valence-corrected chi connectivity index (χ2v) is 6.84. The first-order valence-electron chi connectivity index (χ1n) is 9.82. The molecule has 2 amide bonds. The minimum absolute atomic E-state index is 0.0189. The summed E-state index contributed by atoms with van der Waals surface area (Å²) < 4.78 is 10.3. The molecule has 156 valence electrons. The van der Waals surface area contributed by atoms with E-state index in [4.69, 9.17) is 9.47 Å². The average molecular weight is 408 g/mol. The van der Waals surface area contributed by atoms with Gasteiger partial charge in [-0.1, -0.05) is 18.2 Å². The summed E-state index contributed by atoms with van der Waals surface area (Å²) in [6.07, 6.45) is 4.86. The number of anilines is 2. The largest absolute Gasteiger partial charge is 0.484 e. The van der Waals surface area contributed by atoms with E-state index in [2.05, 4.69) is 10.6 Å². The second-order valence-electron chi connectivity index (χ2n) is 6.84. The van der Waals surface area contributed by atoms with Crippen molar-refractivity contribution in [2.24, 2.45) is 5.92 Å². The normalized spacial score (nSPS) is 13.0. The van der Waals surface area contributed by atoms with E-state index in [1.165, 1.54) is 6.08 Å². The third kappa shape index (κ3) is 6.77. The zero-order valence-electron chi connectivity index (χ0n) is 16.7. The Balaban J connectivity index is 1.46. The van der Waals surface area contributed by atoms with Crippen molar-refractivity contribution < 1.29 is 23.9 Å². The molecular formula is C23H24N2O5. The van der Waals surface area contributed by atoms with E-state index in [0.717, 1.165) is 18.4 Å². The summed E-state index contributed by atoms with van der Waals surface area (Å²) in [6.45, 7) is 1.91. The molecule has 1 aliphatic carbocycles. The molecule has 2 N–H and O–H groups in total. The predicted molar refractivity (Wildman–Crippen MR) is 114 cm³/mol. The van der Waals surface area contributed by atoms with E-state index < -0.39 is 5.97 Å². The molecule has 0 aromatic heterocycles. The molecule has 0 unspecified atom stereocenters. The molecule has 0 saturated heterocycles. The van der Waals surface area contributed by atoms with Gasteiger partial charge in [-0.05, 0) is 55.7 Å². The van der Waals surface area contributed by atoms with E-state index in [1.807, 2.05) is 0 Å². The van der Waals surface area contributed by atoms with Gasteiger partial charge in [-0.3, -0.25) is 9.59 Å². The molecule has 30 heavy (non-hydrogen) atoms. The number of nitrogens with one attached hydrogen (secondary N) is 2. The number of ether oxygens (including phenoxy) is 2. The molecule has 1 fully saturated rings. The molecule has 0 atom stereocenters. The molecular weight excluding hydrogens is 384 g/mol. The van der Waals surface area contributed by atoms with Gasteiger partial charge in [0.1, 0.15) is 5.75 Å². The lowest BCUT2D eigenvalue weighted by molar-refractivity contribution is -0.137. The van der Waals surface area contributed by atoms with Crippen LogP contribution in [0.1, 0.15) is 25.3 Å². The van der Waals surface area contributed by atoms with Gasteiger partial charge in [0, 0.05) is 29.4 Å². The molecule has 0 aliphatic heterocycles. The van der Waals surface area contributed by atoms with Gasteiger partial charge < -0.3 is 20.1 Å². The summed E-state index contributed by atoms with van der Waals surface area (Å²) in [5.41, 5.74) is 2.07. The van der Waals surface area contributed by atoms with Crippen LogP contribution in [0.2, 0.25) is 0 Å². The highest BCUT2D eigenvalue weighted by Crippen LogP contribution is 2.30. The molecule has 0 spiro atoms. The van der Waals surface area contributed by atoms with Crippen LogP contribution in [0, 0.1) is 5.92 Å². The van der Waals surface area contributed by atoms with Crippen molar-refractivity contribution in [3.05, 3.63) is 60.2 Å². The molecule has 7 nitrogen and oxygen atoms in total. The van der Waals surface area contributed by atoms with Crippen molar-refractivity contribution in [2.45, 2.75) is 19.8 Å². The highest BCUT2D eigenvalue weighted by atomic mass is 16.5. The predicted octanol–water partition coefficient (Wildman–Crippen LogP) is 3.63. The lowest BCUT2D eigenvalue weighted by Crippen LogP contribution is -2.20. The van der Waals surface area contributed by atoms with Crippen molar-refractivity contribution in [2.75, 3.05) is 23.8 Å². The first-order chi connectivity index (χ1) is 14.5. The molecule has 0 bridgehead atoms. The third-order valence-electron chi connectivity index (χ3n) is 4.31. The first-order valence-corrected chi connectivity index (χ1v) is 9.82. The summed E-state index contributed by atoms with van der Waals surface area (Å²) in [6, 6.07) is 14.0. The number of carbonyl (C=O) groups excluding carboxylic acids is 3. The number of amides is 2. The van der Waals surface area contributed by atoms with Crippen molar-refractivity contribution in [3.63, 3.8) is 0 Å². The Hall–Kier alpha value is -3.61. The number of carbonyl (C=O) groups is 3. The van der Waals surface area contributed by atoms with Gasteiger partial charge in [0.25, 0.3) is 5.91 Å². The Labute approximate surface area is 175 Å². The lowest BCUT2D eigenvalue weighted by atomic mass is 10.2. The Morgan fingerprint density at radius 3 is 2.50 bits per heavy atom. The maximum atomic E-state index is 12.1. The van der Waals surface area contributed by atoms with Crippen LogP contribution in [-0.4, -0.2) is 31.0 Å². The van der Waals surface area contributed by atoms with Crippen LogP contribution < -0.4 is 15.4 Å². The van der Waals surface area contributed by atoms with Gasteiger partial charge in [0.05, 0.1) is 6.61 Å². The quantitative estimate of drug-likeness (QED) is 0.488. The minimum Gasteiger partial charge on any atom is -0.484 e. The maximum absolute atomic E-state index is 12.1. The summed E-state index contributed by atoms with van der Waals surface area (Å²) in [4.78, 5) is 35.3. The number of esters is 1. The molecule has 0 radical (unpaired) electrons. The van der Waals surface area contributed by atoms with Gasteiger partial charge in [0.2, 0.25) is 5.91 Å². The van der Waals surface area contributed by atoms with Crippen LogP contribution in [-0.2, 0) is 19.1 Å². The molecule has 1 saturated carbocycles. The fourth-order valence-electron chi connectivity index (χ4n) is 2.63. The van der Waals surface area contributed by atoms with Crippen LogP contribution in [0.4, 0.5) is 11.4 Å². The molecule has 0 heterocycles. The van der Waals surface area contributed by atoms with E-state index in [-0.39, 0.29) is 24.3 Å². The van der Waals surface area contributed by atoms with E-state index in [1.54, 1.807) is 61.5 Å². The smallest absolute Gasteiger partial charge is 0.330 e. The maximum Gasteiger partial charge on any atom is 0.330 e. The van der Waals surface area contributed by atoms with Gasteiger partial charge in [-0.25, -0.2) is 4.79 Å². The third-order valence-corrected chi connectivity index (χ3v) is 4.31. The Kier molecular flexibility index (Phi) is 7.21. The molecule has 2 aromatic carbocycles. The number of rotatable bonds is 9. The summed E-state index contributed by atoms with van der Waals surface area (Å²) in [5, 5.41) is 5.59. The molecule has 2 aromatic rings. The highest BCUT2D eigenvalue weighted by molar-refractivity contribution is 5.94. The zero-order valence-corrected chi connectivity index (χ0v) is 16.7. The van der Waals surface area contributed by atoms with E-state index >= 15 is 0 Å². The Bertz CT molecular complexity index is 933. The van der Waals surface area contributed by atoms with E-state index in [9.17, 15) is 14.4 Å². The van der Waals surface area contributed by atoms with Gasteiger partial charge in [-0.2, -0.15) is 0 Å². The van der Waals surface area contributed by atoms with Crippen molar-refractivity contribution >= 4 is 35.2 Å². The van der Waals surface area contributed by atoms with Crippen LogP contribution in [0.25, 0.3) is 6.08 Å². The zero-order chi connectivity index (χ0) is 21.3. The van der Waals surface area contributed by atoms with Crippen molar-refractivity contribution in [3.8, 4) is 5.75 Å². The SMILES string of the molecule is CCOC(=O)/C=C/c1ccc(NC(=O)COc2cccc(NC(=O)C3CC3)c2)cc1. The number of hydrogen-bond acceptors (Lipinski definition) is 5. The summed E-state index contributed by atoms with van der Waals surface area (Å²) in [7, 11) is 0. The van der Waals surface area contributed by atoms with Gasteiger partial charge in [0.15, 0.2) is 6.61 Å². The standard InChI is InChI=1S/C23H24N2O5/c1-2-29-22(27)13-8-16-6-11-18(12-7-16)24-21(26)15-30-20-5-3-4-19(14-20)25-23(28)17-9-10-17/h3-8,11-14,17H,2,9-10,15H2,1H3,(H,24,26)(H,25,28)/b13-8+. The monoisotopic (exact) mass is 408 g/mol. The lowest BCUT2D eigenvalue weighted by Gasteiger charge is -2.10. The Morgan fingerprint density at radius 1 is 1.03 bits per heavy atom. The number of hydrogen-bond donors (Lipinski definition) is 2. The van der Waals surface area contributed by atoms with Crippen LogP contribution in [0.5, 0.6) is 5.75 Å². The minimum atomic E-state index is -0.400. The second kappa shape index (κ2) is 10.2. The Morgan fingerprint density at radius 2 is 1.80 bits per heavy atom. The topological polar surface area (TPSA) is 93.7 Å². The van der Waals surface area contributed by atoms with Gasteiger partial charge >= 0.3 is 5.97 Å². The fraction of sp³-hybridized carbons (Fsp3) is 0.261. The molecule has 3 rings (SSSR count). The van der Waals surface area contributed by atoms with Crippen molar-refractivity contribution in [1.29, 1.82) is 0 Å². The van der Waals surface area contributed by atoms with Crippen molar-refractivity contribution in [1.82, 2.24) is 0 Å². The van der Waals surface area contributed by atoms with Crippen LogP contribution in [0.15, 0.2) is 54.6 Å². The highest BCUT2D eigenvalue weighted by Gasteiger charge is 2.29.